The first-order chi connectivity index (χ1) is 9.11. The van der Waals surface area contributed by atoms with Crippen molar-refractivity contribution in [1.82, 2.24) is 4.90 Å². The number of aliphatic imine (C=N–C) groups is 1. The molecule has 2 nitrogen and oxygen atoms in total. The molecule has 0 saturated carbocycles. The third-order valence-electron chi connectivity index (χ3n) is 4.35. The van der Waals surface area contributed by atoms with Crippen LogP contribution in [0.25, 0.3) is 0 Å². The lowest BCUT2D eigenvalue weighted by Gasteiger charge is -2.26. The second-order valence-electron chi connectivity index (χ2n) is 6.61. The quantitative estimate of drug-likeness (QED) is 0.674. The Balaban J connectivity index is 2.40. The molecule has 1 saturated heterocycles. The van der Waals surface area contributed by atoms with Crippen LogP contribution in [0.1, 0.15) is 66.2 Å². The normalized spacial score (nSPS) is 24.1. The van der Waals surface area contributed by atoms with Gasteiger partial charge in [0.25, 0.3) is 0 Å². The van der Waals surface area contributed by atoms with Crippen molar-refractivity contribution in [3.05, 3.63) is 0 Å². The molecule has 1 heterocycles. The van der Waals surface area contributed by atoms with E-state index in [0.717, 1.165) is 18.4 Å². The van der Waals surface area contributed by atoms with E-state index in [4.69, 9.17) is 0 Å². The summed E-state index contributed by atoms with van der Waals surface area (Å²) in [7, 11) is 0. The van der Waals surface area contributed by atoms with Crippen molar-refractivity contribution >= 4 is 5.71 Å². The van der Waals surface area contributed by atoms with E-state index in [-0.39, 0.29) is 0 Å². The van der Waals surface area contributed by atoms with Crippen LogP contribution in [0.3, 0.4) is 0 Å². The third kappa shape index (κ3) is 7.71. The van der Waals surface area contributed by atoms with Gasteiger partial charge in [-0.1, -0.05) is 33.1 Å². The van der Waals surface area contributed by atoms with Crippen LogP contribution in [0.2, 0.25) is 0 Å². The van der Waals surface area contributed by atoms with Gasteiger partial charge >= 0.3 is 0 Å². The van der Waals surface area contributed by atoms with Gasteiger partial charge in [0, 0.05) is 18.8 Å². The Morgan fingerprint density at radius 1 is 1.16 bits per heavy atom. The van der Waals surface area contributed by atoms with E-state index in [9.17, 15) is 0 Å². The highest BCUT2D eigenvalue weighted by Gasteiger charge is 2.14. The van der Waals surface area contributed by atoms with Crippen molar-refractivity contribution in [2.45, 2.75) is 66.2 Å². The van der Waals surface area contributed by atoms with Crippen LogP contribution in [0.5, 0.6) is 0 Å². The summed E-state index contributed by atoms with van der Waals surface area (Å²) < 4.78 is 0. The van der Waals surface area contributed by atoms with Gasteiger partial charge in [-0.2, -0.15) is 0 Å². The fourth-order valence-corrected chi connectivity index (χ4v) is 2.92. The lowest BCUT2D eigenvalue weighted by atomic mass is 10.00. The first-order valence-corrected chi connectivity index (χ1v) is 8.31. The molecule has 0 aromatic heterocycles. The lowest BCUT2D eigenvalue weighted by molar-refractivity contribution is 0.225. The van der Waals surface area contributed by atoms with E-state index in [1.807, 2.05) is 0 Å². The average Bonchev–Trinajstić information content (AvgIpc) is 2.47. The average molecular weight is 266 g/mol. The summed E-state index contributed by atoms with van der Waals surface area (Å²) in [6.07, 6.45) is 8.29. The minimum Gasteiger partial charge on any atom is -0.303 e. The monoisotopic (exact) mass is 266 g/mol. The molecular weight excluding hydrogens is 232 g/mol. The first-order valence-electron chi connectivity index (χ1n) is 8.31. The molecule has 0 radical (unpaired) electrons. The van der Waals surface area contributed by atoms with E-state index >= 15 is 0 Å². The molecule has 1 aliphatic rings. The van der Waals surface area contributed by atoms with Gasteiger partial charge in [-0.05, 0) is 58.0 Å². The van der Waals surface area contributed by atoms with Crippen LogP contribution in [0.4, 0.5) is 0 Å². The van der Waals surface area contributed by atoms with Gasteiger partial charge < -0.3 is 4.90 Å². The Bertz CT molecular complexity index is 256. The highest BCUT2D eigenvalue weighted by atomic mass is 15.1. The Morgan fingerprint density at radius 2 is 1.84 bits per heavy atom. The fourth-order valence-electron chi connectivity index (χ4n) is 2.92. The van der Waals surface area contributed by atoms with Crippen molar-refractivity contribution in [2.75, 3.05) is 26.2 Å². The zero-order valence-corrected chi connectivity index (χ0v) is 13.6. The molecule has 1 aliphatic heterocycles. The second-order valence-corrected chi connectivity index (χ2v) is 6.61. The lowest BCUT2D eigenvalue weighted by Crippen LogP contribution is -2.32. The minimum atomic E-state index is 0.744. The smallest absolute Gasteiger partial charge is 0.0428 e. The maximum absolute atomic E-state index is 4.62. The summed E-state index contributed by atoms with van der Waals surface area (Å²) in [6, 6.07) is 0. The van der Waals surface area contributed by atoms with Gasteiger partial charge in [-0.25, -0.2) is 0 Å². The molecule has 0 spiro atoms. The molecule has 0 N–H and O–H groups in total. The van der Waals surface area contributed by atoms with Crippen LogP contribution in [-0.4, -0.2) is 36.8 Å². The Hall–Kier alpha value is -0.370. The molecule has 1 rings (SSSR count). The summed E-state index contributed by atoms with van der Waals surface area (Å²) in [5.41, 5.74) is 1.22. The number of hydrogen-bond donors (Lipinski definition) is 0. The van der Waals surface area contributed by atoms with Crippen molar-refractivity contribution < 1.29 is 0 Å². The van der Waals surface area contributed by atoms with Crippen LogP contribution in [-0.2, 0) is 0 Å². The molecule has 0 aliphatic carbocycles. The summed E-state index contributed by atoms with van der Waals surface area (Å²) in [6.45, 7) is 13.8. The molecule has 2 heteroatoms. The predicted molar refractivity (Wildman–Crippen MR) is 86.1 cm³/mol. The van der Waals surface area contributed by atoms with E-state index in [1.165, 1.54) is 63.9 Å². The van der Waals surface area contributed by atoms with E-state index < -0.39 is 0 Å². The van der Waals surface area contributed by atoms with Gasteiger partial charge in [0.05, 0.1) is 0 Å². The van der Waals surface area contributed by atoms with E-state index in [0.29, 0.717) is 0 Å². The Labute approximate surface area is 120 Å². The van der Waals surface area contributed by atoms with Gasteiger partial charge in [0.1, 0.15) is 0 Å². The number of hydrogen-bond acceptors (Lipinski definition) is 2. The Morgan fingerprint density at radius 3 is 2.53 bits per heavy atom. The van der Waals surface area contributed by atoms with Gasteiger partial charge in [-0.15, -0.1) is 0 Å². The Kier molecular flexibility index (Phi) is 8.36. The van der Waals surface area contributed by atoms with E-state index in [2.05, 4.69) is 37.6 Å². The first kappa shape index (κ1) is 16.7. The number of nitrogens with zero attached hydrogens (tertiary/aromatic N) is 2. The summed E-state index contributed by atoms with van der Waals surface area (Å²) in [4.78, 5) is 7.32. The maximum Gasteiger partial charge on any atom is 0.0428 e. The van der Waals surface area contributed by atoms with Crippen molar-refractivity contribution in [2.24, 2.45) is 16.8 Å². The summed E-state index contributed by atoms with van der Waals surface area (Å²) in [5, 5.41) is 0. The van der Waals surface area contributed by atoms with Crippen LogP contribution < -0.4 is 0 Å². The largest absolute Gasteiger partial charge is 0.303 e. The highest BCUT2D eigenvalue weighted by Crippen LogP contribution is 2.18. The molecule has 2 unspecified atom stereocenters. The summed E-state index contributed by atoms with van der Waals surface area (Å²) >= 11 is 0. The highest BCUT2D eigenvalue weighted by molar-refractivity contribution is 5.79. The van der Waals surface area contributed by atoms with Gasteiger partial charge in [0.15, 0.2) is 0 Å². The molecule has 0 amide bonds. The SMILES string of the molecule is CCC(CN=C(C)C)CN1CCCCC(C)CCC1. The van der Waals surface area contributed by atoms with Crippen molar-refractivity contribution in [3.63, 3.8) is 0 Å². The third-order valence-corrected chi connectivity index (χ3v) is 4.35. The molecule has 0 aromatic rings. The standard InChI is InChI=1S/C17H34N2/c1-5-17(13-18-15(2)3)14-19-11-7-6-9-16(4)10-8-12-19/h16-17H,5-14H2,1-4H3. The molecule has 2 atom stereocenters. The molecule has 19 heavy (non-hydrogen) atoms. The van der Waals surface area contributed by atoms with Gasteiger partial charge in [0.2, 0.25) is 0 Å². The maximum atomic E-state index is 4.62. The fraction of sp³-hybridized carbons (Fsp3) is 0.941. The second kappa shape index (κ2) is 9.52. The molecule has 1 fully saturated rings. The minimum absolute atomic E-state index is 0.744. The van der Waals surface area contributed by atoms with Gasteiger partial charge in [-0.3, -0.25) is 4.99 Å². The van der Waals surface area contributed by atoms with Crippen molar-refractivity contribution in [3.8, 4) is 0 Å². The zero-order chi connectivity index (χ0) is 14.1. The van der Waals surface area contributed by atoms with Crippen LogP contribution >= 0.6 is 0 Å². The summed E-state index contributed by atoms with van der Waals surface area (Å²) in [5.74, 6) is 1.68. The molecule has 0 aromatic carbocycles. The molecular formula is C17H34N2. The van der Waals surface area contributed by atoms with Crippen LogP contribution in [0.15, 0.2) is 4.99 Å². The topological polar surface area (TPSA) is 15.6 Å². The van der Waals surface area contributed by atoms with Crippen molar-refractivity contribution in [1.29, 1.82) is 0 Å². The molecule has 0 bridgehead atoms. The zero-order valence-electron chi connectivity index (χ0n) is 13.6. The van der Waals surface area contributed by atoms with E-state index in [1.54, 1.807) is 0 Å². The molecule has 112 valence electrons. The predicted octanol–water partition coefficient (Wildman–Crippen LogP) is 4.40. The number of rotatable bonds is 5. The van der Waals surface area contributed by atoms with Crippen LogP contribution in [0, 0.1) is 11.8 Å².